The number of aliphatic imine (C=N–C) groups is 1. The fraction of sp³-hybridized carbons (Fsp3) is 0.588. The van der Waals surface area contributed by atoms with E-state index in [0.29, 0.717) is 32.1 Å². The van der Waals surface area contributed by atoms with Crippen LogP contribution in [-0.2, 0) is 14.9 Å². The van der Waals surface area contributed by atoms with Gasteiger partial charge in [-0.15, -0.1) is 0 Å². The Morgan fingerprint density at radius 1 is 1.33 bits per heavy atom. The SMILES string of the molecule is N#CNC(=NCCCCCCS(=O)(=O)N1CCCCO1)Nc1cccnc1. The van der Waals surface area contributed by atoms with Crippen molar-refractivity contribution in [1.82, 2.24) is 14.8 Å². The Hall–Kier alpha value is -2.22. The van der Waals surface area contributed by atoms with Gasteiger partial charge in [0, 0.05) is 19.3 Å². The molecular formula is C17H26N6O3S. The molecule has 1 saturated heterocycles. The lowest BCUT2D eigenvalue weighted by Crippen LogP contribution is -2.37. The second-order valence-electron chi connectivity index (χ2n) is 6.13. The molecule has 0 bridgehead atoms. The van der Waals surface area contributed by atoms with Crippen LogP contribution in [0.15, 0.2) is 29.5 Å². The molecule has 1 aliphatic rings. The Morgan fingerprint density at radius 3 is 2.89 bits per heavy atom. The number of nitrogens with zero attached hydrogens (tertiary/aromatic N) is 4. The number of hydrogen-bond donors (Lipinski definition) is 2. The average molecular weight is 395 g/mol. The number of hydrogen-bond acceptors (Lipinski definition) is 6. The molecule has 1 aliphatic heterocycles. The summed E-state index contributed by atoms with van der Waals surface area (Å²) in [7, 11) is -3.31. The van der Waals surface area contributed by atoms with Gasteiger partial charge in [-0.05, 0) is 37.8 Å². The summed E-state index contributed by atoms with van der Waals surface area (Å²) in [6.07, 6.45) is 10.00. The Kier molecular flexibility index (Phi) is 8.97. The standard InChI is InChI=1S/C17H26N6O3S/c18-15-21-17(22-16-8-7-9-19-14-16)20-10-3-1-2-6-13-27(24,25)23-11-4-5-12-26-23/h7-9,14H,1-6,10-13H2,(H2,20,21,22). The number of sulfonamides is 1. The summed E-state index contributed by atoms with van der Waals surface area (Å²) in [5.41, 5.74) is 0.740. The number of hydroxylamine groups is 1. The van der Waals surface area contributed by atoms with Gasteiger partial charge in [0.25, 0.3) is 0 Å². The zero-order valence-electron chi connectivity index (χ0n) is 15.3. The van der Waals surface area contributed by atoms with Gasteiger partial charge in [0.2, 0.25) is 16.0 Å². The first-order valence-electron chi connectivity index (χ1n) is 9.12. The van der Waals surface area contributed by atoms with Gasteiger partial charge < -0.3 is 5.32 Å². The van der Waals surface area contributed by atoms with Crippen molar-refractivity contribution in [2.24, 2.45) is 4.99 Å². The number of pyridine rings is 1. The van der Waals surface area contributed by atoms with Gasteiger partial charge in [-0.3, -0.25) is 20.1 Å². The van der Waals surface area contributed by atoms with E-state index in [-0.39, 0.29) is 5.75 Å². The average Bonchev–Trinajstić information content (AvgIpc) is 2.69. The van der Waals surface area contributed by atoms with E-state index in [9.17, 15) is 8.42 Å². The number of anilines is 1. The zero-order valence-corrected chi connectivity index (χ0v) is 16.1. The maximum Gasteiger partial charge on any atom is 0.236 e. The second-order valence-corrected chi connectivity index (χ2v) is 8.11. The molecule has 9 nitrogen and oxygen atoms in total. The molecule has 0 saturated carbocycles. The van der Waals surface area contributed by atoms with Crippen LogP contribution in [0.4, 0.5) is 5.69 Å². The van der Waals surface area contributed by atoms with E-state index < -0.39 is 10.0 Å². The van der Waals surface area contributed by atoms with Gasteiger partial charge in [0.1, 0.15) is 0 Å². The molecule has 2 heterocycles. The van der Waals surface area contributed by atoms with Gasteiger partial charge in [0.15, 0.2) is 6.19 Å². The normalized spacial score (nSPS) is 15.9. The number of nitrogens with one attached hydrogen (secondary N) is 2. The van der Waals surface area contributed by atoms with E-state index in [4.69, 9.17) is 10.1 Å². The number of unbranched alkanes of at least 4 members (excludes halogenated alkanes) is 3. The smallest absolute Gasteiger partial charge is 0.236 e. The van der Waals surface area contributed by atoms with E-state index in [1.807, 2.05) is 12.3 Å². The topological polar surface area (TPSA) is 120 Å². The molecule has 0 aromatic carbocycles. The lowest BCUT2D eigenvalue weighted by atomic mass is 10.2. The number of nitriles is 1. The summed E-state index contributed by atoms with van der Waals surface area (Å²) in [6.45, 7) is 1.47. The maximum absolute atomic E-state index is 12.1. The zero-order chi connectivity index (χ0) is 19.4. The van der Waals surface area contributed by atoms with Crippen LogP contribution in [0.25, 0.3) is 0 Å². The third-order valence-corrected chi connectivity index (χ3v) is 5.67. The largest absolute Gasteiger partial charge is 0.324 e. The highest BCUT2D eigenvalue weighted by Crippen LogP contribution is 2.13. The van der Waals surface area contributed by atoms with Crippen LogP contribution in [0.5, 0.6) is 0 Å². The first-order valence-corrected chi connectivity index (χ1v) is 10.7. The molecule has 0 spiro atoms. The molecule has 0 atom stereocenters. The molecular weight excluding hydrogens is 368 g/mol. The molecule has 148 valence electrons. The Labute approximate surface area is 160 Å². The fourth-order valence-corrected chi connectivity index (χ4v) is 3.99. The van der Waals surface area contributed by atoms with Gasteiger partial charge in [-0.2, -0.15) is 5.26 Å². The molecule has 0 amide bonds. The van der Waals surface area contributed by atoms with Gasteiger partial charge in [-0.25, -0.2) is 8.42 Å². The summed E-state index contributed by atoms with van der Waals surface area (Å²) < 4.78 is 25.4. The predicted octanol–water partition coefficient (Wildman–Crippen LogP) is 1.84. The Morgan fingerprint density at radius 2 is 2.19 bits per heavy atom. The Balaban J connectivity index is 1.64. The third kappa shape index (κ3) is 7.90. The number of guanidine groups is 1. The van der Waals surface area contributed by atoms with E-state index in [0.717, 1.165) is 42.3 Å². The molecule has 2 rings (SSSR count). The molecule has 0 unspecified atom stereocenters. The fourth-order valence-electron chi connectivity index (χ4n) is 2.57. The quantitative estimate of drug-likeness (QED) is 0.216. The van der Waals surface area contributed by atoms with Crippen molar-refractivity contribution in [3.63, 3.8) is 0 Å². The lowest BCUT2D eigenvalue weighted by molar-refractivity contribution is -0.108. The van der Waals surface area contributed by atoms with E-state index in [1.54, 1.807) is 18.5 Å². The van der Waals surface area contributed by atoms with Gasteiger partial charge >= 0.3 is 0 Å². The van der Waals surface area contributed by atoms with Crippen molar-refractivity contribution in [3.05, 3.63) is 24.5 Å². The number of aromatic nitrogens is 1. The summed E-state index contributed by atoms with van der Waals surface area (Å²) in [5, 5.41) is 14.3. The van der Waals surface area contributed by atoms with Crippen LogP contribution in [-0.4, -0.2) is 49.3 Å². The molecule has 1 fully saturated rings. The highest BCUT2D eigenvalue weighted by Gasteiger charge is 2.24. The molecule has 1 aromatic rings. The lowest BCUT2D eigenvalue weighted by Gasteiger charge is -2.25. The Bertz CT molecular complexity index is 727. The van der Waals surface area contributed by atoms with Crippen LogP contribution in [0.1, 0.15) is 38.5 Å². The molecule has 0 radical (unpaired) electrons. The summed E-state index contributed by atoms with van der Waals surface area (Å²) in [4.78, 5) is 13.5. The van der Waals surface area contributed by atoms with Crippen LogP contribution >= 0.6 is 0 Å². The molecule has 1 aromatic heterocycles. The van der Waals surface area contributed by atoms with Crippen molar-refractivity contribution in [2.45, 2.75) is 38.5 Å². The molecule has 10 heteroatoms. The monoisotopic (exact) mass is 394 g/mol. The first kappa shape index (κ1) is 21.1. The number of rotatable bonds is 9. The highest BCUT2D eigenvalue weighted by atomic mass is 32.2. The predicted molar refractivity (Wildman–Crippen MR) is 103 cm³/mol. The van der Waals surface area contributed by atoms with E-state index in [1.165, 1.54) is 0 Å². The van der Waals surface area contributed by atoms with Crippen LogP contribution < -0.4 is 10.6 Å². The minimum atomic E-state index is -3.31. The van der Waals surface area contributed by atoms with Crippen molar-refractivity contribution >= 4 is 21.7 Å². The maximum atomic E-state index is 12.1. The van der Waals surface area contributed by atoms with Gasteiger partial charge in [0.05, 0.1) is 24.2 Å². The summed E-state index contributed by atoms with van der Waals surface area (Å²) in [6, 6.07) is 3.61. The first-order chi connectivity index (χ1) is 13.1. The highest BCUT2D eigenvalue weighted by molar-refractivity contribution is 7.88. The molecule has 27 heavy (non-hydrogen) atoms. The van der Waals surface area contributed by atoms with Crippen molar-refractivity contribution < 1.29 is 13.3 Å². The third-order valence-electron chi connectivity index (χ3n) is 3.96. The van der Waals surface area contributed by atoms with Crippen LogP contribution in [0.2, 0.25) is 0 Å². The van der Waals surface area contributed by atoms with E-state index in [2.05, 4.69) is 20.6 Å². The molecule has 2 N–H and O–H groups in total. The van der Waals surface area contributed by atoms with Crippen molar-refractivity contribution in [1.29, 1.82) is 5.26 Å². The van der Waals surface area contributed by atoms with Gasteiger partial charge in [-0.1, -0.05) is 17.3 Å². The molecule has 0 aliphatic carbocycles. The summed E-state index contributed by atoms with van der Waals surface area (Å²) >= 11 is 0. The minimum absolute atomic E-state index is 0.111. The van der Waals surface area contributed by atoms with Crippen molar-refractivity contribution in [3.8, 4) is 6.19 Å². The van der Waals surface area contributed by atoms with E-state index >= 15 is 0 Å². The van der Waals surface area contributed by atoms with Crippen LogP contribution in [0, 0.1) is 11.5 Å². The van der Waals surface area contributed by atoms with Crippen LogP contribution in [0.3, 0.4) is 0 Å². The minimum Gasteiger partial charge on any atom is -0.324 e. The summed E-state index contributed by atoms with van der Waals surface area (Å²) in [5.74, 6) is 0.482. The van der Waals surface area contributed by atoms with Crippen molar-refractivity contribution in [2.75, 3.05) is 30.8 Å². The second kappa shape index (κ2) is 11.5.